The molecular weight excluding hydrogens is 592 g/mol. The predicted octanol–water partition coefficient (Wildman–Crippen LogP) is 5.34. The fraction of sp³-hybridized carbons (Fsp3) is 0.447. The Balaban J connectivity index is 2.00. The number of nitrogens with one attached hydrogen (secondary N) is 1. The molecule has 0 aliphatic heterocycles. The van der Waals surface area contributed by atoms with Crippen LogP contribution in [0.4, 0.5) is 10.5 Å². The maximum Gasteiger partial charge on any atom is 0.407 e. The number of ether oxygens (including phenoxy) is 1. The number of rotatable bonds is 15. The number of alkyl carbamates (subject to hydrolysis) is 1. The molecule has 0 aliphatic carbocycles. The molecule has 3 amide bonds. The van der Waals surface area contributed by atoms with Crippen molar-refractivity contribution in [3.8, 4) is 0 Å². The van der Waals surface area contributed by atoms with Crippen molar-refractivity contribution in [2.75, 3.05) is 19.0 Å². The Hall–Kier alpha value is -4.37. The van der Waals surface area contributed by atoms with Crippen LogP contribution in [0.15, 0.2) is 84.9 Å². The zero-order valence-electron chi connectivity index (χ0n) is 28.9. The summed E-state index contributed by atoms with van der Waals surface area (Å²) in [7, 11) is 3.91. The van der Waals surface area contributed by atoms with Crippen LogP contribution in [-0.2, 0) is 33.7 Å². The molecule has 47 heavy (non-hydrogen) atoms. The first-order valence-corrected chi connectivity index (χ1v) is 16.3. The van der Waals surface area contributed by atoms with Crippen molar-refractivity contribution in [2.45, 2.75) is 84.2 Å². The van der Waals surface area contributed by atoms with Crippen molar-refractivity contribution < 1.29 is 24.2 Å². The molecule has 0 aliphatic rings. The van der Waals surface area contributed by atoms with E-state index in [-0.39, 0.29) is 24.8 Å². The molecule has 0 fully saturated rings. The molecule has 4 unspecified atom stereocenters. The zero-order chi connectivity index (χ0) is 34.7. The van der Waals surface area contributed by atoms with Crippen LogP contribution in [-0.4, -0.2) is 65.8 Å². The Kier molecular flexibility index (Phi) is 13.4. The number of hydrogen-bond donors (Lipinski definition) is 3. The van der Waals surface area contributed by atoms with Crippen molar-refractivity contribution >= 4 is 23.6 Å². The number of anilines is 1. The standard InChI is InChI=1S/C38H52N4O5/c1-26(2)34(35(39)44)42(25-29-18-20-31(21-19-29)41(6)7)36(45)30(22-27-14-10-8-11-15-27)24-33(43)32(23-28-16-12-9-13-17-28)40-37(46)47-38(3,4)5/h8-21,26,30,32-34,43H,22-25H2,1-7H3,(H2,39,44)(H,40,46). The van der Waals surface area contributed by atoms with Gasteiger partial charge in [0.25, 0.3) is 0 Å². The highest BCUT2D eigenvalue weighted by atomic mass is 16.6. The summed E-state index contributed by atoms with van der Waals surface area (Å²) in [4.78, 5) is 44.0. The van der Waals surface area contributed by atoms with Gasteiger partial charge in [-0.15, -0.1) is 0 Å². The number of amides is 3. The van der Waals surface area contributed by atoms with Crippen LogP contribution >= 0.6 is 0 Å². The van der Waals surface area contributed by atoms with Crippen LogP contribution in [0.25, 0.3) is 0 Å². The van der Waals surface area contributed by atoms with E-state index < -0.39 is 41.7 Å². The number of aliphatic hydroxyl groups is 1. The van der Waals surface area contributed by atoms with Gasteiger partial charge in [-0.2, -0.15) is 0 Å². The molecule has 4 atom stereocenters. The summed E-state index contributed by atoms with van der Waals surface area (Å²) >= 11 is 0. The Bertz CT molecular complexity index is 1420. The lowest BCUT2D eigenvalue weighted by atomic mass is 9.87. The van der Waals surface area contributed by atoms with E-state index >= 15 is 0 Å². The van der Waals surface area contributed by atoms with Crippen LogP contribution in [0.1, 0.15) is 57.7 Å². The molecule has 3 aromatic carbocycles. The van der Waals surface area contributed by atoms with Crippen LogP contribution in [0.2, 0.25) is 0 Å². The minimum atomic E-state index is -1.12. The largest absolute Gasteiger partial charge is 0.444 e. The van der Waals surface area contributed by atoms with Crippen molar-refractivity contribution in [2.24, 2.45) is 17.6 Å². The number of carbonyl (C=O) groups excluding carboxylic acids is 3. The molecular formula is C38H52N4O5. The van der Waals surface area contributed by atoms with E-state index in [9.17, 15) is 19.5 Å². The molecule has 0 heterocycles. The fourth-order valence-electron chi connectivity index (χ4n) is 5.72. The van der Waals surface area contributed by atoms with Gasteiger partial charge in [0.05, 0.1) is 12.1 Å². The van der Waals surface area contributed by atoms with Gasteiger partial charge in [-0.05, 0) is 74.8 Å². The van der Waals surface area contributed by atoms with E-state index in [0.29, 0.717) is 12.8 Å². The van der Waals surface area contributed by atoms with E-state index in [1.165, 1.54) is 0 Å². The van der Waals surface area contributed by atoms with E-state index in [1.807, 2.05) is 118 Å². The monoisotopic (exact) mass is 644 g/mol. The number of hydrogen-bond acceptors (Lipinski definition) is 6. The normalized spacial score (nSPS) is 14.1. The highest BCUT2D eigenvalue weighted by molar-refractivity contribution is 5.88. The average Bonchev–Trinajstić information content (AvgIpc) is 2.99. The van der Waals surface area contributed by atoms with Gasteiger partial charge in [0, 0.05) is 32.2 Å². The third kappa shape index (κ3) is 11.7. The van der Waals surface area contributed by atoms with E-state index in [1.54, 1.807) is 25.7 Å². The Morgan fingerprint density at radius 2 is 1.36 bits per heavy atom. The first-order chi connectivity index (χ1) is 22.1. The maximum atomic E-state index is 14.7. The van der Waals surface area contributed by atoms with Gasteiger partial charge in [0.15, 0.2) is 0 Å². The second-order valence-corrected chi connectivity index (χ2v) is 13.8. The molecule has 3 aromatic rings. The Labute approximate surface area is 280 Å². The van der Waals surface area contributed by atoms with Gasteiger partial charge >= 0.3 is 6.09 Å². The SMILES string of the molecule is CC(C)C(C(N)=O)N(Cc1ccc(N(C)C)cc1)C(=O)C(Cc1ccccc1)CC(O)C(Cc1ccccc1)NC(=O)OC(C)(C)C. The van der Waals surface area contributed by atoms with Crippen molar-refractivity contribution in [3.63, 3.8) is 0 Å². The summed E-state index contributed by atoms with van der Waals surface area (Å²) < 4.78 is 5.53. The lowest BCUT2D eigenvalue weighted by Gasteiger charge is -2.36. The van der Waals surface area contributed by atoms with Gasteiger partial charge in [0.1, 0.15) is 11.6 Å². The molecule has 3 rings (SSSR count). The van der Waals surface area contributed by atoms with Gasteiger partial charge in [-0.25, -0.2) is 4.79 Å². The van der Waals surface area contributed by atoms with Gasteiger partial charge in [-0.1, -0.05) is 86.6 Å². The highest BCUT2D eigenvalue weighted by Gasteiger charge is 2.37. The average molecular weight is 645 g/mol. The summed E-state index contributed by atoms with van der Waals surface area (Å²) in [5.74, 6) is -1.86. The number of carbonyl (C=O) groups is 3. The van der Waals surface area contributed by atoms with E-state index in [2.05, 4.69) is 5.32 Å². The number of nitrogens with two attached hydrogens (primary N) is 1. The Morgan fingerprint density at radius 1 is 0.830 bits per heavy atom. The van der Waals surface area contributed by atoms with Crippen LogP contribution in [0, 0.1) is 11.8 Å². The lowest BCUT2D eigenvalue weighted by molar-refractivity contribution is -0.146. The zero-order valence-corrected chi connectivity index (χ0v) is 28.9. The molecule has 0 saturated heterocycles. The molecule has 9 nitrogen and oxygen atoms in total. The molecule has 0 aromatic heterocycles. The number of benzene rings is 3. The molecule has 0 spiro atoms. The summed E-state index contributed by atoms with van der Waals surface area (Å²) in [6.07, 6.45) is -1.10. The van der Waals surface area contributed by atoms with Gasteiger partial charge in [-0.3, -0.25) is 9.59 Å². The first-order valence-electron chi connectivity index (χ1n) is 16.3. The molecule has 0 radical (unpaired) electrons. The van der Waals surface area contributed by atoms with Crippen LogP contribution in [0.5, 0.6) is 0 Å². The van der Waals surface area contributed by atoms with Gasteiger partial charge in [0.2, 0.25) is 11.8 Å². The quantitative estimate of drug-likeness (QED) is 0.205. The van der Waals surface area contributed by atoms with E-state index in [4.69, 9.17) is 10.5 Å². The number of primary amides is 1. The second-order valence-electron chi connectivity index (χ2n) is 13.8. The minimum absolute atomic E-state index is 0.0284. The van der Waals surface area contributed by atoms with Gasteiger partial charge < -0.3 is 30.7 Å². The number of aliphatic hydroxyl groups excluding tert-OH is 1. The predicted molar refractivity (Wildman–Crippen MR) is 187 cm³/mol. The third-order valence-corrected chi connectivity index (χ3v) is 8.01. The molecule has 9 heteroatoms. The summed E-state index contributed by atoms with van der Waals surface area (Å²) in [5, 5.41) is 14.6. The first kappa shape index (κ1) is 37.1. The summed E-state index contributed by atoms with van der Waals surface area (Å²) in [6.45, 7) is 9.23. The molecule has 254 valence electrons. The second kappa shape index (κ2) is 17.0. The molecule has 4 N–H and O–H groups in total. The molecule has 0 bridgehead atoms. The summed E-state index contributed by atoms with van der Waals surface area (Å²) in [6, 6.07) is 25.3. The minimum Gasteiger partial charge on any atom is -0.444 e. The third-order valence-electron chi connectivity index (χ3n) is 8.01. The lowest BCUT2D eigenvalue weighted by Crippen LogP contribution is -2.53. The highest BCUT2D eigenvalue weighted by Crippen LogP contribution is 2.26. The van der Waals surface area contributed by atoms with Crippen molar-refractivity contribution in [1.82, 2.24) is 10.2 Å². The van der Waals surface area contributed by atoms with Crippen LogP contribution in [0.3, 0.4) is 0 Å². The summed E-state index contributed by atoms with van der Waals surface area (Å²) in [5.41, 5.74) is 8.89. The molecule has 0 saturated carbocycles. The fourth-order valence-corrected chi connectivity index (χ4v) is 5.72. The smallest absolute Gasteiger partial charge is 0.407 e. The topological polar surface area (TPSA) is 125 Å². The Morgan fingerprint density at radius 3 is 1.83 bits per heavy atom. The van der Waals surface area contributed by atoms with Crippen LogP contribution < -0.4 is 16.0 Å². The van der Waals surface area contributed by atoms with E-state index in [0.717, 1.165) is 22.4 Å². The maximum absolute atomic E-state index is 14.7. The number of nitrogens with zero attached hydrogens (tertiary/aromatic N) is 2. The van der Waals surface area contributed by atoms with Crippen molar-refractivity contribution in [3.05, 3.63) is 102 Å². The van der Waals surface area contributed by atoms with Crippen molar-refractivity contribution in [1.29, 1.82) is 0 Å².